The maximum atomic E-state index is 12.9. The number of rotatable bonds is 8. The van der Waals surface area contributed by atoms with Crippen LogP contribution in [0.2, 0.25) is 0 Å². The predicted molar refractivity (Wildman–Crippen MR) is 161 cm³/mol. The number of hydrogen-bond donors (Lipinski definition) is 2. The first kappa shape index (κ1) is 30.2. The zero-order valence-corrected chi connectivity index (χ0v) is 25.5. The van der Waals surface area contributed by atoms with E-state index in [1.807, 2.05) is 39.0 Å². The number of Topliss-reactive ketones (excluding diaryl/α,β-unsaturated/α-hetero) is 1. The van der Waals surface area contributed by atoms with Crippen molar-refractivity contribution in [2.45, 2.75) is 97.2 Å². The minimum absolute atomic E-state index is 0.0343. The summed E-state index contributed by atoms with van der Waals surface area (Å²) in [6, 6.07) is 12.0. The number of likely N-dealkylation sites (tertiary alicyclic amines) is 1. The maximum Gasteiger partial charge on any atom is 0.324 e. The normalized spacial score (nSPS) is 17.2. The van der Waals surface area contributed by atoms with Gasteiger partial charge in [-0.05, 0) is 64.1 Å². The largest absolute Gasteiger partial charge is 0.489 e. The molecule has 0 spiro atoms. The molecule has 0 aliphatic carbocycles. The number of carbonyl (C=O) groups excluding carboxylic acids is 2. The van der Waals surface area contributed by atoms with Gasteiger partial charge in [0.2, 0.25) is 0 Å². The van der Waals surface area contributed by atoms with Crippen molar-refractivity contribution in [2.24, 2.45) is 0 Å². The van der Waals surface area contributed by atoms with Gasteiger partial charge in [-0.2, -0.15) is 0 Å². The molecule has 3 heterocycles. The number of pyridine rings is 1. The van der Waals surface area contributed by atoms with E-state index in [1.54, 1.807) is 30.5 Å². The highest BCUT2D eigenvalue weighted by Gasteiger charge is 2.45. The molecule has 0 bridgehead atoms. The van der Waals surface area contributed by atoms with Crippen LogP contribution in [0.15, 0.2) is 53.2 Å². The van der Waals surface area contributed by atoms with Gasteiger partial charge < -0.3 is 14.6 Å². The molecule has 0 unspecified atom stereocenters. The van der Waals surface area contributed by atoms with Crippen LogP contribution in [-0.2, 0) is 11.8 Å². The van der Waals surface area contributed by atoms with E-state index in [-0.39, 0.29) is 34.8 Å². The summed E-state index contributed by atoms with van der Waals surface area (Å²) in [6.07, 6.45) is 3.78. The number of anilines is 2. The Morgan fingerprint density at radius 3 is 2.22 bits per heavy atom. The van der Waals surface area contributed by atoms with E-state index in [0.29, 0.717) is 28.7 Å². The van der Waals surface area contributed by atoms with Crippen molar-refractivity contribution in [1.29, 1.82) is 0 Å². The third-order valence-corrected chi connectivity index (χ3v) is 7.62. The monoisotopic (exact) mass is 561 g/mol. The molecule has 41 heavy (non-hydrogen) atoms. The van der Waals surface area contributed by atoms with Crippen LogP contribution in [0.25, 0.3) is 0 Å². The van der Waals surface area contributed by atoms with Crippen LogP contribution in [0, 0.1) is 0 Å². The van der Waals surface area contributed by atoms with Crippen molar-refractivity contribution >= 4 is 23.3 Å². The standard InChI is InChI=1S/C32H43N5O4/c1-9-37-31(5,6)18-24(19-32(37,7)8)40-23-14-15-25(33-20-23)26(38)16-21-10-12-22(13-11-21)34-29(39)35-28-17-27(41-36-28)30(2,3)4/h10-15,17,20,24H,9,16,18-19H2,1-8H3,(H2,34,35,36,39). The molecule has 0 atom stereocenters. The van der Waals surface area contributed by atoms with Crippen LogP contribution in [0.1, 0.15) is 90.0 Å². The number of piperidine rings is 1. The summed E-state index contributed by atoms with van der Waals surface area (Å²) in [4.78, 5) is 32.2. The van der Waals surface area contributed by atoms with Gasteiger partial charge in [-0.25, -0.2) is 9.78 Å². The van der Waals surface area contributed by atoms with Gasteiger partial charge in [0.05, 0.1) is 6.20 Å². The van der Waals surface area contributed by atoms with Gasteiger partial charge in [-0.3, -0.25) is 15.0 Å². The molecule has 0 radical (unpaired) electrons. The highest BCUT2D eigenvalue weighted by atomic mass is 16.5. The van der Waals surface area contributed by atoms with Crippen molar-refractivity contribution in [3.8, 4) is 5.75 Å². The Kier molecular flexibility index (Phi) is 8.59. The molecule has 2 N–H and O–H groups in total. The highest BCUT2D eigenvalue weighted by Crippen LogP contribution is 2.39. The molecule has 1 fully saturated rings. The van der Waals surface area contributed by atoms with E-state index in [2.05, 4.69) is 60.3 Å². The number of benzene rings is 1. The molecular weight excluding hydrogens is 518 g/mol. The van der Waals surface area contributed by atoms with E-state index in [9.17, 15) is 9.59 Å². The molecule has 1 aromatic carbocycles. The fourth-order valence-corrected chi connectivity index (χ4v) is 5.92. The third kappa shape index (κ3) is 7.52. The molecule has 9 heteroatoms. The lowest BCUT2D eigenvalue weighted by Gasteiger charge is -2.54. The zero-order valence-electron chi connectivity index (χ0n) is 25.5. The van der Waals surface area contributed by atoms with Crippen LogP contribution in [-0.4, -0.2) is 50.6 Å². The highest BCUT2D eigenvalue weighted by molar-refractivity contribution is 5.99. The number of nitrogens with one attached hydrogen (secondary N) is 2. The van der Waals surface area contributed by atoms with Gasteiger partial charge in [-0.15, -0.1) is 0 Å². The van der Waals surface area contributed by atoms with Crippen molar-refractivity contribution in [2.75, 3.05) is 17.2 Å². The molecule has 4 rings (SSSR count). The summed E-state index contributed by atoms with van der Waals surface area (Å²) in [5, 5.41) is 9.32. The van der Waals surface area contributed by atoms with Gasteiger partial charge in [0.1, 0.15) is 23.3 Å². The summed E-state index contributed by atoms with van der Waals surface area (Å²) in [6.45, 7) is 18.3. The number of amides is 2. The van der Waals surface area contributed by atoms with E-state index in [4.69, 9.17) is 9.26 Å². The summed E-state index contributed by atoms with van der Waals surface area (Å²) < 4.78 is 11.6. The number of ketones is 1. The molecular formula is C32H43N5O4. The fraction of sp³-hybridized carbons (Fsp3) is 0.500. The minimum Gasteiger partial charge on any atom is -0.489 e. The summed E-state index contributed by atoms with van der Waals surface area (Å²) in [7, 11) is 0. The fourth-order valence-electron chi connectivity index (χ4n) is 5.92. The Bertz CT molecular complexity index is 1340. The lowest BCUT2D eigenvalue weighted by Crippen LogP contribution is -2.62. The van der Waals surface area contributed by atoms with Crippen molar-refractivity contribution < 1.29 is 18.8 Å². The Labute approximate surface area is 243 Å². The van der Waals surface area contributed by atoms with Crippen LogP contribution in [0.4, 0.5) is 16.3 Å². The quantitative estimate of drug-likeness (QED) is 0.289. The number of nitrogens with zero attached hydrogens (tertiary/aromatic N) is 3. The first-order valence-electron chi connectivity index (χ1n) is 14.2. The molecule has 2 amide bonds. The number of hydrogen-bond acceptors (Lipinski definition) is 7. The van der Waals surface area contributed by atoms with E-state index < -0.39 is 6.03 Å². The van der Waals surface area contributed by atoms with E-state index >= 15 is 0 Å². The topological polar surface area (TPSA) is 110 Å². The Balaban J connectivity index is 1.29. The van der Waals surface area contributed by atoms with E-state index in [1.165, 1.54) is 0 Å². The molecule has 1 saturated heterocycles. The SMILES string of the molecule is CCN1C(C)(C)CC(Oc2ccc(C(=O)Cc3ccc(NC(=O)Nc4cc(C(C)(C)C)on4)cc3)nc2)CC1(C)C. The second-order valence-electron chi connectivity index (χ2n) is 13.1. The molecule has 3 aromatic rings. The Morgan fingerprint density at radius 1 is 1.02 bits per heavy atom. The molecule has 0 saturated carbocycles. The molecule has 220 valence electrons. The van der Waals surface area contributed by atoms with Gasteiger partial charge in [-0.1, -0.05) is 45.0 Å². The molecule has 1 aliphatic heterocycles. The maximum absolute atomic E-state index is 12.9. The van der Waals surface area contributed by atoms with Crippen molar-refractivity contribution in [1.82, 2.24) is 15.0 Å². The molecule has 2 aromatic heterocycles. The number of urea groups is 1. The van der Waals surface area contributed by atoms with Gasteiger partial charge in [0, 0.05) is 47.5 Å². The number of carbonyl (C=O) groups is 2. The van der Waals surface area contributed by atoms with Gasteiger partial charge >= 0.3 is 6.03 Å². The molecule has 1 aliphatic rings. The minimum atomic E-state index is -0.433. The summed E-state index contributed by atoms with van der Waals surface area (Å²) in [5.74, 6) is 1.61. The van der Waals surface area contributed by atoms with Gasteiger partial charge in [0.25, 0.3) is 0 Å². The second kappa shape index (κ2) is 11.6. The number of aromatic nitrogens is 2. The average molecular weight is 562 g/mol. The van der Waals surface area contributed by atoms with Crippen LogP contribution < -0.4 is 15.4 Å². The first-order valence-corrected chi connectivity index (χ1v) is 14.2. The Morgan fingerprint density at radius 2 is 1.68 bits per heavy atom. The zero-order chi connectivity index (χ0) is 30.0. The Hall–Kier alpha value is -3.72. The predicted octanol–water partition coefficient (Wildman–Crippen LogP) is 6.86. The van der Waals surface area contributed by atoms with Gasteiger partial charge in [0.15, 0.2) is 11.6 Å². The van der Waals surface area contributed by atoms with Crippen LogP contribution in [0.5, 0.6) is 5.75 Å². The summed E-state index contributed by atoms with van der Waals surface area (Å²) >= 11 is 0. The van der Waals surface area contributed by atoms with Crippen LogP contribution in [0.3, 0.4) is 0 Å². The molecule has 9 nitrogen and oxygen atoms in total. The van der Waals surface area contributed by atoms with E-state index in [0.717, 1.165) is 24.9 Å². The average Bonchev–Trinajstić information content (AvgIpc) is 3.33. The lowest BCUT2D eigenvalue weighted by atomic mass is 9.78. The number of ether oxygens (including phenoxy) is 1. The third-order valence-electron chi connectivity index (χ3n) is 7.62. The second-order valence-corrected chi connectivity index (χ2v) is 13.1. The first-order chi connectivity index (χ1) is 19.2. The van der Waals surface area contributed by atoms with Crippen LogP contribution >= 0.6 is 0 Å². The van der Waals surface area contributed by atoms with Crippen molar-refractivity contribution in [3.63, 3.8) is 0 Å². The lowest BCUT2D eigenvalue weighted by molar-refractivity contribution is -0.0697. The van der Waals surface area contributed by atoms with Crippen molar-refractivity contribution in [3.05, 3.63) is 65.7 Å². The summed E-state index contributed by atoms with van der Waals surface area (Å²) in [5.41, 5.74) is 1.67. The smallest absolute Gasteiger partial charge is 0.324 e.